The van der Waals surface area contributed by atoms with Crippen molar-refractivity contribution in [2.24, 2.45) is 0 Å². The number of nitrogens with one attached hydrogen (secondary N) is 2. The van der Waals surface area contributed by atoms with Gasteiger partial charge >= 0.3 is 0 Å². The molecule has 0 aliphatic rings. The topological polar surface area (TPSA) is 102 Å². The molecule has 1 aromatic heterocycles. The van der Waals surface area contributed by atoms with Crippen molar-refractivity contribution in [2.45, 2.75) is 13.3 Å². The van der Waals surface area contributed by atoms with Crippen molar-refractivity contribution in [3.63, 3.8) is 0 Å². The van der Waals surface area contributed by atoms with Gasteiger partial charge in [-0.2, -0.15) is 4.98 Å². The number of nitrogens with two attached hydrogens (primary N) is 1. The molecule has 1 heterocycles. The zero-order chi connectivity index (χ0) is 12.7. The van der Waals surface area contributed by atoms with Gasteiger partial charge in [-0.15, -0.1) is 0 Å². The predicted octanol–water partition coefficient (Wildman–Crippen LogP) is 0.00550. The lowest BCUT2D eigenvalue weighted by Crippen LogP contribution is -2.21. The Kier molecular flexibility index (Phi) is 4.99. The fourth-order valence-electron chi connectivity index (χ4n) is 1.19. The maximum absolute atomic E-state index is 11.0. The van der Waals surface area contributed by atoms with Crippen molar-refractivity contribution in [3.8, 4) is 5.88 Å². The van der Waals surface area contributed by atoms with Gasteiger partial charge in [0.25, 0.3) is 0 Å². The van der Waals surface area contributed by atoms with Gasteiger partial charge in [0.15, 0.2) is 5.82 Å². The van der Waals surface area contributed by atoms with E-state index in [0.717, 1.165) is 0 Å². The quantitative estimate of drug-likeness (QED) is 0.646. The summed E-state index contributed by atoms with van der Waals surface area (Å²) >= 11 is 0. The van der Waals surface area contributed by atoms with Gasteiger partial charge in [-0.3, -0.25) is 4.79 Å². The van der Waals surface area contributed by atoms with Crippen molar-refractivity contribution in [2.75, 3.05) is 31.2 Å². The summed E-state index contributed by atoms with van der Waals surface area (Å²) in [7, 11) is 1.59. The average Bonchev–Trinajstić information content (AvgIpc) is 2.33. The first-order chi connectivity index (χ1) is 8.19. The van der Waals surface area contributed by atoms with E-state index in [0.29, 0.717) is 37.0 Å². The van der Waals surface area contributed by atoms with Crippen LogP contribution in [-0.4, -0.2) is 36.1 Å². The molecule has 0 aliphatic heterocycles. The minimum atomic E-state index is -0.0461. The monoisotopic (exact) mass is 239 g/mol. The molecule has 0 spiro atoms. The summed E-state index contributed by atoms with van der Waals surface area (Å²) in [6, 6.07) is 0. The summed E-state index contributed by atoms with van der Waals surface area (Å²) in [5.74, 6) is 0.785. The Hall–Kier alpha value is -2.05. The highest BCUT2D eigenvalue weighted by atomic mass is 16.5. The molecule has 17 heavy (non-hydrogen) atoms. The van der Waals surface area contributed by atoms with Crippen LogP contribution in [0.4, 0.5) is 11.5 Å². The number of hydrogen-bond acceptors (Lipinski definition) is 6. The molecule has 0 radical (unpaired) electrons. The van der Waals surface area contributed by atoms with Crippen LogP contribution in [0.1, 0.15) is 13.3 Å². The van der Waals surface area contributed by atoms with Crippen molar-refractivity contribution >= 4 is 17.4 Å². The highest BCUT2D eigenvalue weighted by Crippen LogP contribution is 2.24. The molecule has 1 amide bonds. The number of anilines is 2. The molecule has 1 rings (SSSR count). The number of nitrogens with zero attached hydrogens (tertiary/aromatic N) is 2. The summed E-state index contributed by atoms with van der Waals surface area (Å²) in [6.45, 7) is 2.78. The van der Waals surface area contributed by atoms with Gasteiger partial charge in [0.05, 0.1) is 6.61 Å². The first-order valence-electron chi connectivity index (χ1n) is 5.36. The van der Waals surface area contributed by atoms with E-state index in [1.807, 2.05) is 6.92 Å². The Bertz CT molecular complexity index is 383. The summed E-state index contributed by atoms with van der Waals surface area (Å²) < 4.78 is 5.23. The van der Waals surface area contributed by atoms with E-state index in [1.54, 1.807) is 7.05 Å². The van der Waals surface area contributed by atoms with Crippen LogP contribution in [0.2, 0.25) is 0 Å². The van der Waals surface area contributed by atoms with Gasteiger partial charge in [-0.05, 0) is 6.92 Å². The van der Waals surface area contributed by atoms with Gasteiger partial charge in [0.1, 0.15) is 12.0 Å². The minimum absolute atomic E-state index is 0.0461. The van der Waals surface area contributed by atoms with E-state index in [2.05, 4.69) is 20.6 Å². The summed E-state index contributed by atoms with van der Waals surface area (Å²) in [5.41, 5.74) is 6.16. The van der Waals surface area contributed by atoms with Crippen LogP contribution >= 0.6 is 0 Å². The van der Waals surface area contributed by atoms with E-state index in [4.69, 9.17) is 10.5 Å². The normalized spacial score (nSPS) is 9.76. The Labute approximate surface area is 99.8 Å². The molecule has 0 bridgehead atoms. The van der Waals surface area contributed by atoms with Crippen molar-refractivity contribution in [3.05, 3.63) is 6.33 Å². The highest BCUT2D eigenvalue weighted by molar-refractivity contribution is 5.76. The number of ether oxygens (including phenoxy) is 1. The largest absolute Gasteiger partial charge is 0.476 e. The van der Waals surface area contributed by atoms with Crippen LogP contribution < -0.4 is 21.1 Å². The fourth-order valence-corrected chi connectivity index (χ4v) is 1.19. The van der Waals surface area contributed by atoms with Gasteiger partial charge in [0.2, 0.25) is 11.8 Å². The second-order valence-electron chi connectivity index (χ2n) is 3.22. The van der Waals surface area contributed by atoms with Crippen LogP contribution in [0.25, 0.3) is 0 Å². The van der Waals surface area contributed by atoms with Gasteiger partial charge < -0.3 is 21.1 Å². The fraction of sp³-hybridized carbons (Fsp3) is 0.500. The molecule has 0 aromatic carbocycles. The maximum atomic E-state index is 11.0. The first kappa shape index (κ1) is 13.0. The molecule has 7 nitrogen and oxygen atoms in total. The second-order valence-corrected chi connectivity index (χ2v) is 3.22. The lowest BCUT2D eigenvalue weighted by molar-refractivity contribution is -0.120. The molecular weight excluding hydrogens is 222 g/mol. The van der Waals surface area contributed by atoms with E-state index >= 15 is 0 Å². The average molecular weight is 239 g/mol. The molecule has 4 N–H and O–H groups in total. The van der Waals surface area contributed by atoms with Crippen molar-refractivity contribution in [1.29, 1.82) is 0 Å². The van der Waals surface area contributed by atoms with E-state index in [1.165, 1.54) is 6.33 Å². The standard InChI is InChI=1S/C10H17N5O2/c1-3-17-10-8(11)9(14-6-15-10)13-5-4-7(16)12-2/h6H,3-5,11H2,1-2H3,(H,12,16)(H,13,14,15). The van der Waals surface area contributed by atoms with Crippen LogP contribution in [0.3, 0.4) is 0 Å². The molecular formula is C10H17N5O2. The Balaban J connectivity index is 2.59. The number of rotatable bonds is 6. The number of hydrogen-bond donors (Lipinski definition) is 3. The van der Waals surface area contributed by atoms with Crippen LogP contribution in [-0.2, 0) is 4.79 Å². The van der Waals surface area contributed by atoms with Crippen LogP contribution in [0.5, 0.6) is 5.88 Å². The molecule has 0 aliphatic carbocycles. The van der Waals surface area contributed by atoms with E-state index in [-0.39, 0.29) is 5.91 Å². The number of nitrogen functional groups attached to an aromatic ring is 1. The zero-order valence-corrected chi connectivity index (χ0v) is 9.99. The number of carbonyl (C=O) groups excluding carboxylic acids is 1. The van der Waals surface area contributed by atoms with Gasteiger partial charge in [0, 0.05) is 20.0 Å². The Morgan fingerprint density at radius 1 is 1.53 bits per heavy atom. The predicted molar refractivity (Wildman–Crippen MR) is 64.8 cm³/mol. The molecule has 94 valence electrons. The van der Waals surface area contributed by atoms with E-state index in [9.17, 15) is 4.79 Å². The van der Waals surface area contributed by atoms with Crippen LogP contribution in [0.15, 0.2) is 6.33 Å². The molecule has 0 fully saturated rings. The van der Waals surface area contributed by atoms with Crippen LogP contribution in [0, 0.1) is 0 Å². The number of aromatic nitrogens is 2. The zero-order valence-electron chi connectivity index (χ0n) is 9.99. The Morgan fingerprint density at radius 2 is 2.29 bits per heavy atom. The minimum Gasteiger partial charge on any atom is -0.476 e. The lowest BCUT2D eigenvalue weighted by atomic mass is 10.4. The van der Waals surface area contributed by atoms with Gasteiger partial charge in [-0.1, -0.05) is 0 Å². The third-order valence-electron chi connectivity index (χ3n) is 2.05. The van der Waals surface area contributed by atoms with E-state index < -0.39 is 0 Å². The Morgan fingerprint density at radius 3 is 2.94 bits per heavy atom. The maximum Gasteiger partial charge on any atom is 0.242 e. The molecule has 0 saturated carbocycles. The molecule has 0 unspecified atom stereocenters. The van der Waals surface area contributed by atoms with Gasteiger partial charge in [-0.25, -0.2) is 4.98 Å². The number of carbonyl (C=O) groups is 1. The van der Waals surface area contributed by atoms with Crippen molar-refractivity contribution in [1.82, 2.24) is 15.3 Å². The summed E-state index contributed by atoms with van der Waals surface area (Å²) in [6.07, 6.45) is 1.72. The summed E-state index contributed by atoms with van der Waals surface area (Å²) in [5, 5.41) is 5.49. The third kappa shape index (κ3) is 3.78. The molecule has 1 aromatic rings. The smallest absolute Gasteiger partial charge is 0.242 e. The number of amides is 1. The lowest BCUT2D eigenvalue weighted by Gasteiger charge is -2.10. The SMILES string of the molecule is CCOc1ncnc(NCCC(=O)NC)c1N. The highest BCUT2D eigenvalue weighted by Gasteiger charge is 2.08. The summed E-state index contributed by atoms with van der Waals surface area (Å²) in [4.78, 5) is 18.9. The molecule has 0 saturated heterocycles. The third-order valence-corrected chi connectivity index (χ3v) is 2.05. The van der Waals surface area contributed by atoms with Crippen molar-refractivity contribution < 1.29 is 9.53 Å². The molecule has 0 atom stereocenters. The first-order valence-corrected chi connectivity index (χ1v) is 5.36. The molecule has 7 heteroatoms. The second kappa shape index (κ2) is 6.51.